The Hall–Kier alpha value is -3.54. The van der Waals surface area contributed by atoms with Gasteiger partial charge in [0, 0.05) is 23.1 Å². The van der Waals surface area contributed by atoms with Gasteiger partial charge in [-0.3, -0.25) is 14.5 Å². The summed E-state index contributed by atoms with van der Waals surface area (Å²) < 4.78 is 0. The number of amides is 2. The van der Waals surface area contributed by atoms with E-state index in [2.05, 4.69) is 22.3 Å². The molecule has 0 bridgehead atoms. The van der Waals surface area contributed by atoms with Crippen LogP contribution in [0.4, 0.5) is 0 Å². The maximum atomic E-state index is 13.0. The fraction of sp³-hybridized carbons (Fsp3) is 0.240. The Bertz CT molecular complexity index is 1280. The van der Waals surface area contributed by atoms with Gasteiger partial charge >= 0.3 is 0 Å². The third-order valence-corrected chi connectivity index (χ3v) is 6.27. The highest BCUT2D eigenvalue weighted by molar-refractivity contribution is 6.19. The van der Waals surface area contributed by atoms with Gasteiger partial charge in [-0.1, -0.05) is 24.3 Å². The van der Waals surface area contributed by atoms with Crippen molar-refractivity contribution in [3.63, 3.8) is 0 Å². The molecule has 2 aliphatic carbocycles. The predicted molar refractivity (Wildman–Crippen MR) is 117 cm³/mol. The Labute approximate surface area is 179 Å². The van der Waals surface area contributed by atoms with E-state index < -0.39 is 0 Å². The third kappa shape index (κ3) is 2.93. The van der Waals surface area contributed by atoms with Crippen LogP contribution in [0, 0.1) is 13.3 Å². The molecule has 31 heavy (non-hydrogen) atoms. The SMILES string of the molecule is Cc1cc(CN2C(=O)C3=C(CCCC3)C2=O)c(C2=C[CH]2)c(-n2nc3ccccc3n2)c1. The van der Waals surface area contributed by atoms with Crippen molar-refractivity contribution in [1.29, 1.82) is 0 Å². The molecule has 0 fully saturated rings. The molecule has 1 aliphatic heterocycles. The maximum Gasteiger partial charge on any atom is 0.257 e. The second-order valence-electron chi connectivity index (χ2n) is 8.45. The molecule has 0 unspecified atom stereocenters. The summed E-state index contributed by atoms with van der Waals surface area (Å²) in [6.45, 7) is 2.28. The summed E-state index contributed by atoms with van der Waals surface area (Å²) in [5, 5.41) is 9.33. The van der Waals surface area contributed by atoms with E-state index in [1.54, 1.807) is 4.80 Å². The zero-order chi connectivity index (χ0) is 21.1. The molecule has 6 heteroatoms. The molecule has 3 aromatic rings. The van der Waals surface area contributed by atoms with Crippen LogP contribution in [0.5, 0.6) is 0 Å². The van der Waals surface area contributed by atoms with Crippen molar-refractivity contribution in [3.8, 4) is 5.69 Å². The lowest BCUT2D eigenvalue weighted by molar-refractivity contribution is -0.138. The van der Waals surface area contributed by atoms with Gasteiger partial charge in [0.1, 0.15) is 11.0 Å². The molecular weight excluding hydrogens is 388 g/mol. The van der Waals surface area contributed by atoms with Crippen molar-refractivity contribution in [2.75, 3.05) is 0 Å². The minimum atomic E-state index is -0.120. The molecule has 0 N–H and O–H groups in total. The molecule has 0 atom stereocenters. The number of fused-ring (bicyclic) bond motifs is 1. The molecule has 153 valence electrons. The molecule has 0 saturated carbocycles. The first-order valence-corrected chi connectivity index (χ1v) is 10.7. The highest BCUT2D eigenvalue weighted by Crippen LogP contribution is 2.39. The highest BCUT2D eigenvalue weighted by Gasteiger charge is 2.39. The first-order valence-electron chi connectivity index (χ1n) is 10.7. The first kappa shape index (κ1) is 18.2. The second-order valence-corrected chi connectivity index (χ2v) is 8.45. The topological polar surface area (TPSA) is 68.1 Å². The van der Waals surface area contributed by atoms with E-state index in [-0.39, 0.29) is 18.4 Å². The highest BCUT2D eigenvalue weighted by atomic mass is 16.2. The van der Waals surface area contributed by atoms with Crippen molar-refractivity contribution in [2.24, 2.45) is 0 Å². The summed E-state index contributed by atoms with van der Waals surface area (Å²) in [5.74, 6) is -0.240. The molecule has 3 aliphatic rings. The van der Waals surface area contributed by atoms with Crippen LogP contribution in [-0.2, 0) is 16.1 Å². The Morgan fingerprint density at radius 2 is 1.55 bits per heavy atom. The minimum Gasteiger partial charge on any atom is -0.270 e. The van der Waals surface area contributed by atoms with E-state index in [1.165, 1.54) is 4.90 Å². The molecule has 0 spiro atoms. The lowest BCUT2D eigenvalue weighted by Gasteiger charge is -2.19. The van der Waals surface area contributed by atoms with E-state index in [1.807, 2.05) is 43.7 Å². The summed E-state index contributed by atoms with van der Waals surface area (Å²) in [6.07, 6.45) is 7.46. The number of carbonyl (C=O) groups excluding carboxylic acids is 2. The molecular formula is C25H21N4O2. The number of hydrogen-bond acceptors (Lipinski definition) is 4. The minimum absolute atomic E-state index is 0.120. The standard InChI is InChI=1S/C25H21N4O2/c1-15-12-17(14-28-24(30)18-6-2-3-7-19(18)25(28)31)23(16-10-11-16)22(13-15)29-26-20-8-4-5-9-21(20)27-29/h4-5,8-13H,2-3,6-7,14H2,1H3. The Morgan fingerprint density at radius 1 is 0.935 bits per heavy atom. The summed E-state index contributed by atoms with van der Waals surface area (Å²) in [5.41, 5.74) is 8.01. The van der Waals surface area contributed by atoms with Crippen LogP contribution in [0.2, 0.25) is 0 Å². The van der Waals surface area contributed by atoms with Gasteiger partial charge in [0.25, 0.3) is 11.8 Å². The number of rotatable bonds is 4. The fourth-order valence-electron chi connectivity index (χ4n) is 4.74. The molecule has 2 aromatic carbocycles. The predicted octanol–water partition coefficient (Wildman–Crippen LogP) is 4.07. The third-order valence-electron chi connectivity index (χ3n) is 6.27. The lowest BCUT2D eigenvalue weighted by Crippen LogP contribution is -2.31. The number of aryl methyl sites for hydroxylation is 1. The van der Waals surface area contributed by atoms with Crippen LogP contribution in [0.1, 0.15) is 42.4 Å². The van der Waals surface area contributed by atoms with Crippen molar-refractivity contribution in [1.82, 2.24) is 19.9 Å². The number of carbonyl (C=O) groups is 2. The summed E-state index contributed by atoms with van der Waals surface area (Å²) in [7, 11) is 0. The number of imide groups is 1. The summed E-state index contributed by atoms with van der Waals surface area (Å²) in [6, 6.07) is 11.9. The fourth-order valence-corrected chi connectivity index (χ4v) is 4.74. The number of benzene rings is 2. The van der Waals surface area contributed by atoms with Gasteiger partial charge in [-0.25, -0.2) is 0 Å². The van der Waals surface area contributed by atoms with Crippen molar-refractivity contribution in [3.05, 3.63) is 76.7 Å². The monoisotopic (exact) mass is 409 g/mol. The van der Waals surface area contributed by atoms with E-state index in [4.69, 9.17) is 0 Å². The van der Waals surface area contributed by atoms with Gasteiger partial charge in [-0.15, -0.1) is 15.0 Å². The zero-order valence-corrected chi connectivity index (χ0v) is 17.3. The summed E-state index contributed by atoms with van der Waals surface area (Å²) in [4.78, 5) is 29.1. The number of aromatic nitrogens is 3. The normalized spacial score (nSPS) is 18.1. The first-order chi connectivity index (χ1) is 15.1. The van der Waals surface area contributed by atoms with Gasteiger partial charge < -0.3 is 0 Å². The lowest BCUT2D eigenvalue weighted by atomic mass is 9.93. The van der Waals surface area contributed by atoms with Crippen molar-refractivity contribution in [2.45, 2.75) is 39.2 Å². The number of hydrogen-bond donors (Lipinski definition) is 0. The second kappa shape index (κ2) is 6.74. The largest absolute Gasteiger partial charge is 0.270 e. The van der Waals surface area contributed by atoms with Crippen molar-refractivity contribution < 1.29 is 9.59 Å². The Morgan fingerprint density at radius 3 is 2.13 bits per heavy atom. The Balaban J connectivity index is 1.44. The van der Waals surface area contributed by atoms with Crippen LogP contribution in [0.3, 0.4) is 0 Å². The van der Waals surface area contributed by atoms with E-state index in [0.717, 1.165) is 63.0 Å². The number of nitrogens with zero attached hydrogens (tertiary/aromatic N) is 4. The van der Waals surface area contributed by atoms with Crippen LogP contribution in [-0.4, -0.2) is 31.7 Å². The van der Waals surface area contributed by atoms with Crippen LogP contribution in [0.15, 0.2) is 53.6 Å². The average molecular weight is 409 g/mol. The molecule has 6 rings (SSSR count). The molecule has 1 aromatic heterocycles. The number of allylic oxidation sites excluding steroid dienone is 2. The maximum absolute atomic E-state index is 13.0. The van der Waals surface area contributed by atoms with Gasteiger partial charge in [-0.05, 0) is 67.5 Å². The van der Waals surface area contributed by atoms with Gasteiger partial charge in [0.15, 0.2) is 0 Å². The van der Waals surface area contributed by atoms with Crippen LogP contribution < -0.4 is 0 Å². The molecule has 6 nitrogen and oxygen atoms in total. The van der Waals surface area contributed by atoms with Gasteiger partial charge in [0.2, 0.25) is 0 Å². The molecule has 1 radical (unpaired) electrons. The molecule has 2 amide bonds. The molecule has 2 heterocycles. The molecule has 0 saturated heterocycles. The average Bonchev–Trinajstić information content (AvgIpc) is 3.47. The zero-order valence-electron chi connectivity index (χ0n) is 17.3. The van der Waals surface area contributed by atoms with Crippen LogP contribution >= 0.6 is 0 Å². The van der Waals surface area contributed by atoms with Gasteiger partial charge in [-0.2, -0.15) is 0 Å². The van der Waals surface area contributed by atoms with E-state index in [0.29, 0.717) is 12.8 Å². The summed E-state index contributed by atoms with van der Waals surface area (Å²) >= 11 is 0. The van der Waals surface area contributed by atoms with Gasteiger partial charge in [0.05, 0.1) is 12.2 Å². The van der Waals surface area contributed by atoms with Crippen molar-refractivity contribution >= 4 is 28.4 Å². The van der Waals surface area contributed by atoms with E-state index in [9.17, 15) is 9.59 Å². The Kier molecular flexibility index (Phi) is 3.96. The quantitative estimate of drug-likeness (QED) is 0.609. The smallest absolute Gasteiger partial charge is 0.257 e. The van der Waals surface area contributed by atoms with Crippen LogP contribution in [0.25, 0.3) is 22.3 Å². The van der Waals surface area contributed by atoms with E-state index >= 15 is 0 Å².